The second kappa shape index (κ2) is 50.8. The molecule has 77 heavy (non-hydrogen) atoms. The van der Waals surface area contributed by atoms with Gasteiger partial charge < -0.3 is 49.2 Å². The Bertz CT molecular complexity index is 1460. The third-order valence-electron chi connectivity index (χ3n) is 14.7. The van der Waals surface area contributed by atoms with Crippen LogP contribution in [-0.2, 0) is 47.2 Å². The summed E-state index contributed by atoms with van der Waals surface area (Å²) >= 11 is 0. The highest BCUT2D eigenvalue weighted by Crippen LogP contribution is 2.37. The molecule has 1 heterocycles. The summed E-state index contributed by atoms with van der Waals surface area (Å²) in [6, 6.07) is -1.54. The molecule has 0 aromatic heterocycles. The van der Waals surface area contributed by atoms with Crippen molar-refractivity contribution in [3.05, 3.63) is 0 Å². The number of unbranched alkanes of at least 4 members (excludes halogenated alkanes) is 28. The highest BCUT2D eigenvalue weighted by Gasteiger charge is 2.48. The maximum Gasteiger partial charge on any atom is 0.469 e. The first-order valence-corrected chi connectivity index (χ1v) is 32.9. The van der Waals surface area contributed by atoms with E-state index in [1.807, 2.05) is 0 Å². The number of aliphatic hydroxyl groups excluding tert-OH is 2. The predicted molar refractivity (Wildman–Crippen MR) is 308 cm³/mol. The zero-order chi connectivity index (χ0) is 57.4. The second-order valence-corrected chi connectivity index (χ2v) is 22.9. The highest BCUT2D eigenvalue weighted by molar-refractivity contribution is 7.46. The number of ether oxygens (including phenoxy) is 4. The van der Waals surface area contributed by atoms with Gasteiger partial charge in [-0.2, -0.15) is 0 Å². The van der Waals surface area contributed by atoms with Gasteiger partial charge in [-0.1, -0.05) is 228 Å². The van der Waals surface area contributed by atoms with Crippen LogP contribution in [0.4, 0.5) is 0 Å². The lowest BCUT2D eigenvalue weighted by atomic mass is 9.96. The maximum atomic E-state index is 13.8. The summed E-state index contributed by atoms with van der Waals surface area (Å²) in [5.74, 6) is -2.33. The van der Waals surface area contributed by atoms with Crippen LogP contribution in [0.15, 0.2) is 0 Å². The van der Waals surface area contributed by atoms with Crippen LogP contribution in [0.5, 0.6) is 0 Å². The van der Waals surface area contributed by atoms with Gasteiger partial charge in [0.15, 0.2) is 12.4 Å². The zero-order valence-corrected chi connectivity index (χ0v) is 50.9. The first-order chi connectivity index (χ1) is 37.1. The van der Waals surface area contributed by atoms with E-state index in [4.69, 9.17) is 18.9 Å². The molecule has 0 aromatic rings. The molecule has 1 rings (SSSR count). The smallest absolute Gasteiger partial charge is 0.462 e. The number of phosphoric acid groups is 1. The van der Waals surface area contributed by atoms with E-state index < -0.39 is 81.1 Å². The van der Waals surface area contributed by atoms with Gasteiger partial charge in [0.05, 0.1) is 19.4 Å². The highest BCUT2D eigenvalue weighted by atomic mass is 31.2. The summed E-state index contributed by atoms with van der Waals surface area (Å²) in [5.41, 5.74) is 0. The van der Waals surface area contributed by atoms with Crippen molar-refractivity contribution in [2.45, 2.75) is 335 Å². The van der Waals surface area contributed by atoms with Crippen LogP contribution in [0.1, 0.15) is 292 Å². The van der Waals surface area contributed by atoms with Crippen molar-refractivity contribution in [3.63, 3.8) is 0 Å². The van der Waals surface area contributed by atoms with Crippen molar-refractivity contribution in [1.82, 2.24) is 10.2 Å². The minimum Gasteiger partial charge on any atom is -0.462 e. The fourth-order valence-corrected chi connectivity index (χ4v) is 10.1. The van der Waals surface area contributed by atoms with Gasteiger partial charge in [-0.25, -0.2) is 4.57 Å². The maximum absolute atomic E-state index is 13.8. The van der Waals surface area contributed by atoms with Gasteiger partial charge in [0.2, 0.25) is 5.91 Å². The fraction of sp³-hybridized carbons (Fsp3) is 0.933. The summed E-state index contributed by atoms with van der Waals surface area (Å²) in [6.07, 6.45) is 26.1. The molecule has 0 unspecified atom stereocenters. The van der Waals surface area contributed by atoms with Crippen molar-refractivity contribution in [2.75, 3.05) is 26.2 Å². The summed E-state index contributed by atoms with van der Waals surface area (Å²) in [4.78, 5) is 75.0. The lowest BCUT2D eigenvalue weighted by Crippen LogP contribution is -2.65. The molecule has 1 amide bonds. The first kappa shape index (κ1) is 74.8. The average Bonchev–Trinajstić information content (AvgIpc) is 3.39. The topological polar surface area (TPSA) is 228 Å². The molecule has 16 nitrogen and oxygen atoms in total. The predicted octanol–water partition coefficient (Wildman–Crippen LogP) is 13.6. The van der Waals surface area contributed by atoms with Crippen molar-refractivity contribution < 1.29 is 67.2 Å². The molecular weight excluding hydrogens is 1000 g/mol. The molecule has 1 aliphatic rings. The van der Waals surface area contributed by atoms with E-state index in [-0.39, 0.29) is 25.7 Å². The van der Waals surface area contributed by atoms with Gasteiger partial charge in [0.25, 0.3) is 0 Å². The number of esters is 3. The number of phosphoric ester groups is 1. The number of nitrogens with one attached hydrogen (secondary N) is 1. The first-order valence-electron chi connectivity index (χ1n) is 31.4. The summed E-state index contributed by atoms with van der Waals surface area (Å²) < 4.78 is 39.3. The standard InChI is InChI=1S/C54H102NO14P.C6H15N/c1-5-9-13-17-21-23-27-29-33-37-44(66-48(57)39-35-31-25-19-15-11-7-3)41-47(56)55-51-53(52(60)46(68-54(51)61)43-65-70(62,63)64)69-50(59)42-45(38-34-30-28-24-22-18-14-10-6-2)67-49(58)40-36-32-26-20-16-12-8-4;1-4-7(5-2)6-3/h44-46,51-54,60-61H,5-43H2,1-4H3,(H,55,56)(H2,62,63,64);4-6H2,1-3H3/t44-,45-,46-,51+,52-,53-,54+;/m1./s1. The normalized spacial score (nSPS) is 18.3. The van der Waals surface area contributed by atoms with E-state index in [1.165, 1.54) is 103 Å². The number of aliphatic hydroxyl groups is 2. The van der Waals surface area contributed by atoms with Crippen LogP contribution < -0.4 is 5.32 Å². The van der Waals surface area contributed by atoms with Gasteiger partial charge in [0, 0.05) is 12.8 Å². The monoisotopic (exact) mass is 1120 g/mol. The molecule has 0 aliphatic carbocycles. The largest absolute Gasteiger partial charge is 0.469 e. The third kappa shape index (κ3) is 43.3. The van der Waals surface area contributed by atoms with E-state index in [1.54, 1.807) is 0 Å². The molecule has 0 aromatic carbocycles. The van der Waals surface area contributed by atoms with Crippen molar-refractivity contribution in [1.29, 1.82) is 0 Å². The molecule has 0 spiro atoms. The van der Waals surface area contributed by atoms with E-state index in [9.17, 15) is 43.7 Å². The molecule has 7 atom stereocenters. The quantitative estimate of drug-likeness (QED) is 0.0165. The van der Waals surface area contributed by atoms with E-state index in [0.717, 1.165) is 103 Å². The molecule has 0 saturated carbocycles. The lowest BCUT2D eigenvalue weighted by molar-refractivity contribution is -0.258. The fourth-order valence-electron chi connectivity index (χ4n) is 9.76. The van der Waals surface area contributed by atoms with Gasteiger partial charge in [-0.3, -0.25) is 23.7 Å². The van der Waals surface area contributed by atoms with Crippen LogP contribution in [0.2, 0.25) is 0 Å². The van der Waals surface area contributed by atoms with Gasteiger partial charge in [0.1, 0.15) is 30.5 Å². The minimum atomic E-state index is -5.04. The lowest BCUT2D eigenvalue weighted by Gasteiger charge is -2.42. The van der Waals surface area contributed by atoms with Crippen LogP contribution in [0.25, 0.3) is 0 Å². The van der Waals surface area contributed by atoms with Crippen molar-refractivity contribution in [2.24, 2.45) is 0 Å². The summed E-state index contributed by atoms with van der Waals surface area (Å²) in [7, 11) is -5.04. The number of carbonyl (C=O) groups is 4. The molecule has 1 saturated heterocycles. The second-order valence-electron chi connectivity index (χ2n) is 21.6. The Hall–Kier alpha value is -2.17. The van der Waals surface area contributed by atoms with Gasteiger partial charge in [-0.15, -0.1) is 0 Å². The molecule has 1 fully saturated rings. The zero-order valence-electron chi connectivity index (χ0n) is 50.0. The summed E-state index contributed by atoms with van der Waals surface area (Å²) in [6.45, 7) is 18.0. The van der Waals surface area contributed by atoms with E-state index >= 15 is 0 Å². The van der Waals surface area contributed by atoms with Crippen LogP contribution in [0.3, 0.4) is 0 Å². The molecule has 0 radical (unpaired) electrons. The van der Waals surface area contributed by atoms with Crippen LogP contribution >= 0.6 is 7.82 Å². The molecular formula is C60H117N2O14P. The number of hydrogen-bond donors (Lipinski definition) is 5. The molecule has 456 valence electrons. The molecule has 17 heteroatoms. The van der Waals surface area contributed by atoms with Crippen LogP contribution in [-0.4, -0.2) is 118 Å². The third-order valence-corrected chi connectivity index (χ3v) is 15.2. The number of carbonyl (C=O) groups excluding carboxylic acids is 4. The molecule has 5 N–H and O–H groups in total. The van der Waals surface area contributed by atoms with E-state index in [2.05, 4.69) is 63.2 Å². The van der Waals surface area contributed by atoms with E-state index in [0.29, 0.717) is 32.1 Å². The number of nitrogens with zero attached hydrogens (tertiary/aromatic N) is 1. The molecule has 1 aliphatic heterocycles. The SMILES string of the molecule is CCCCCCCCCCC[C@H](CC(=O)N[C@H]1[C@@H](OC(=O)C[C@@H](CCCCCCCCCCC)OC(=O)CCCCCCCCC)[C@H](O)[C@@H](COP(=O)(O)O)O[C@@H]1O)OC(=O)CCCCCCCCC.CCN(CC)CC. The number of amides is 1. The van der Waals surface area contributed by atoms with Crippen molar-refractivity contribution >= 4 is 31.6 Å². The Balaban J connectivity index is 0.00000767. The Morgan fingerprint density at radius 1 is 0.506 bits per heavy atom. The van der Waals surface area contributed by atoms with Crippen molar-refractivity contribution in [3.8, 4) is 0 Å². The number of hydrogen-bond acceptors (Lipinski definition) is 13. The Kier molecular flexibility index (Phi) is 49.3. The Morgan fingerprint density at radius 2 is 0.857 bits per heavy atom. The average molecular weight is 1120 g/mol. The van der Waals surface area contributed by atoms with Crippen LogP contribution in [0, 0.1) is 0 Å². The van der Waals surface area contributed by atoms with Gasteiger partial charge >= 0.3 is 25.7 Å². The Labute approximate surface area is 469 Å². The number of rotatable bonds is 50. The Morgan fingerprint density at radius 3 is 1.21 bits per heavy atom. The molecule has 0 bridgehead atoms. The van der Waals surface area contributed by atoms with Gasteiger partial charge in [-0.05, 0) is 58.2 Å². The minimum absolute atomic E-state index is 0.214. The summed E-state index contributed by atoms with van der Waals surface area (Å²) in [5, 5.41) is 25.4.